The maximum Gasteiger partial charge on any atom is 0.410 e. The van der Waals surface area contributed by atoms with Gasteiger partial charge in [-0.05, 0) is 45.0 Å². The summed E-state index contributed by atoms with van der Waals surface area (Å²) in [5, 5.41) is 20.7. The fourth-order valence-electron chi connectivity index (χ4n) is 4.67. The molecule has 2 amide bonds. The molecule has 0 radical (unpaired) electrons. The van der Waals surface area contributed by atoms with Crippen LogP contribution < -0.4 is 25.6 Å². The number of hydrogen-bond donors (Lipinski definition) is 3. The fraction of sp³-hybridized carbons (Fsp3) is 0.367. The lowest BCUT2D eigenvalue weighted by atomic mass is 10.1. The highest BCUT2D eigenvalue weighted by atomic mass is 16.6. The van der Waals surface area contributed by atoms with Crippen molar-refractivity contribution in [2.75, 3.05) is 55.8 Å². The normalized spacial score (nSPS) is 14.6. The molecule has 4 aromatic rings. The zero-order valence-electron chi connectivity index (χ0n) is 28.7. The molecule has 1 aliphatic heterocycles. The van der Waals surface area contributed by atoms with Gasteiger partial charge in [0.2, 0.25) is 0 Å². The average molecular weight is 619 g/mol. The monoisotopic (exact) mass is 618 g/mol. The Morgan fingerprint density at radius 1 is 0.978 bits per heavy atom. The third-order valence-electron chi connectivity index (χ3n) is 6.75. The van der Waals surface area contributed by atoms with Crippen LogP contribution in [0.15, 0.2) is 48.9 Å². The van der Waals surface area contributed by atoms with Crippen molar-refractivity contribution in [3.05, 3.63) is 54.6 Å². The minimum atomic E-state index is -2.75. The summed E-state index contributed by atoms with van der Waals surface area (Å²) in [5.41, 5.74) is 1.25. The van der Waals surface area contributed by atoms with Crippen LogP contribution in [0.1, 0.15) is 35.4 Å². The van der Waals surface area contributed by atoms with Crippen molar-refractivity contribution in [1.82, 2.24) is 40.2 Å². The van der Waals surface area contributed by atoms with Crippen molar-refractivity contribution in [2.24, 2.45) is 7.05 Å². The number of benzene rings is 1. The number of ether oxygens (including phenoxy) is 2. The number of aromatic nitrogens is 6. The lowest BCUT2D eigenvalue weighted by Gasteiger charge is -2.36. The molecule has 0 bridgehead atoms. The molecule has 15 nitrogen and oxygen atoms in total. The number of rotatable bonds is 8. The molecule has 236 valence electrons. The Bertz CT molecular complexity index is 1770. The molecule has 3 aromatic heterocycles. The number of methoxy groups -OCH3 is 1. The number of anilines is 5. The Balaban J connectivity index is 1.35. The van der Waals surface area contributed by atoms with E-state index in [9.17, 15) is 9.59 Å². The summed E-state index contributed by atoms with van der Waals surface area (Å²) < 4.78 is 35.2. The van der Waals surface area contributed by atoms with Crippen LogP contribution in [-0.4, -0.2) is 92.7 Å². The smallest absolute Gasteiger partial charge is 0.410 e. The second kappa shape index (κ2) is 13.0. The fourth-order valence-corrected chi connectivity index (χ4v) is 4.67. The molecule has 0 unspecified atom stereocenters. The van der Waals surface area contributed by atoms with Crippen LogP contribution in [-0.2, 0) is 11.8 Å². The molecule has 0 aliphatic carbocycles. The number of nitrogens with one attached hydrogen (secondary N) is 3. The summed E-state index contributed by atoms with van der Waals surface area (Å²) in [5.74, 6) is 0.546. The van der Waals surface area contributed by atoms with E-state index in [1.54, 1.807) is 53.4 Å². The lowest BCUT2D eigenvalue weighted by molar-refractivity contribution is 0.0240. The molecule has 0 atom stereocenters. The largest absolute Gasteiger partial charge is 0.494 e. The van der Waals surface area contributed by atoms with Gasteiger partial charge in [0.1, 0.15) is 17.7 Å². The summed E-state index contributed by atoms with van der Waals surface area (Å²) in [4.78, 5) is 38.0. The van der Waals surface area contributed by atoms with Gasteiger partial charge in [-0.25, -0.2) is 14.8 Å². The molecule has 45 heavy (non-hydrogen) atoms. The van der Waals surface area contributed by atoms with Crippen molar-refractivity contribution >= 4 is 40.7 Å². The van der Waals surface area contributed by atoms with Gasteiger partial charge in [0.25, 0.3) is 5.91 Å². The molecule has 15 heteroatoms. The quantitative estimate of drug-likeness (QED) is 0.263. The first kappa shape index (κ1) is 27.1. The van der Waals surface area contributed by atoms with Crippen molar-refractivity contribution in [3.8, 4) is 17.1 Å². The first-order valence-corrected chi connectivity index (χ1v) is 14.2. The van der Waals surface area contributed by atoms with E-state index in [0.29, 0.717) is 54.8 Å². The first-order chi connectivity index (χ1) is 22.7. The van der Waals surface area contributed by atoms with Crippen molar-refractivity contribution in [1.29, 1.82) is 0 Å². The number of nitrogens with zero attached hydrogens (tertiary/aromatic N) is 8. The number of para-hydroxylation sites is 1. The van der Waals surface area contributed by atoms with Crippen LogP contribution in [0.4, 0.5) is 33.5 Å². The summed E-state index contributed by atoms with van der Waals surface area (Å²) in [6, 6.07) is 10.4. The Hall–Kier alpha value is -5.47. The van der Waals surface area contributed by atoms with Gasteiger partial charge in [-0.1, -0.05) is 6.07 Å². The minimum absolute atomic E-state index is 0.151. The molecule has 4 heterocycles. The second-order valence-corrected chi connectivity index (χ2v) is 11.2. The topological polar surface area (TPSA) is 165 Å². The molecular weight excluding hydrogens is 578 g/mol. The Morgan fingerprint density at radius 3 is 2.42 bits per heavy atom. The first-order valence-electron chi connectivity index (χ1n) is 15.7. The molecule has 1 saturated heterocycles. The van der Waals surface area contributed by atoms with Gasteiger partial charge in [-0.3, -0.25) is 9.48 Å². The van der Waals surface area contributed by atoms with Crippen LogP contribution >= 0.6 is 0 Å². The van der Waals surface area contributed by atoms with Gasteiger partial charge in [0.15, 0.2) is 23.1 Å². The number of carbonyl (C=O) groups excluding carboxylic acids is 2. The van der Waals surface area contributed by atoms with E-state index in [1.165, 1.54) is 13.2 Å². The molecule has 1 aromatic carbocycles. The van der Waals surface area contributed by atoms with E-state index in [4.69, 9.17) is 13.6 Å². The van der Waals surface area contributed by atoms with Crippen LogP contribution in [0.5, 0.6) is 5.75 Å². The Labute approximate surface area is 265 Å². The zero-order valence-corrected chi connectivity index (χ0v) is 25.7. The number of piperazine rings is 1. The van der Waals surface area contributed by atoms with E-state index in [2.05, 4.69) is 40.8 Å². The van der Waals surface area contributed by atoms with E-state index < -0.39 is 18.5 Å². The van der Waals surface area contributed by atoms with E-state index in [0.717, 1.165) is 5.69 Å². The summed E-state index contributed by atoms with van der Waals surface area (Å²) >= 11 is 0. The standard InChI is InChI=1S/C30H37N11O4/c1-30(2,3)45-29(43)41-14-12-40(13-15-41)19-10-11-23(32-17-19)35-24-16-22(25(37-36-24)28(42)31-4)34-21-9-7-8-20(26(21)44-6)27-33-18-39(5)38-27/h7-11,16-18H,12-15H2,1-6H3,(H,31,42)(H2,32,34,35,36)/i4D3. The SMILES string of the molecule is [2H]C([2H])([2H])NC(=O)c1nnc(Nc2ccc(N3CCN(C(=O)OC(C)(C)C)CC3)cn2)cc1Nc1cccc(-c2ncn(C)n2)c1OC. The van der Waals surface area contributed by atoms with Gasteiger partial charge in [-0.2, -0.15) is 5.10 Å². The van der Waals surface area contributed by atoms with Gasteiger partial charge < -0.3 is 35.2 Å². The lowest BCUT2D eigenvalue weighted by Crippen LogP contribution is -2.50. The molecule has 3 N–H and O–H groups in total. The number of hydrogen-bond acceptors (Lipinski definition) is 12. The summed E-state index contributed by atoms with van der Waals surface area (Å²) in [6.45, 7) is 5.06. The summed E-state index contributed by atoms with van der Waals surface area (Å²) in [7, 11) is 3.23. The van der Waals surface area contributed by atoms with Crippen LogP contribution in [0.3, 0.4) is 0 Å². The molecule has 0 spiro atoms. The molecule has 0 saturated carbocycles. The molecule has 5 rings (SSSR count). The highest BCUT2D eigenvalue weighted by Gasteiger charge is 2.26. The maximum absolute atomic E-state index is 13.0. The summed E-state index contributed by atoms with van der Waals surface area (Å²) in [6.07, 6.45) is 2.94. The molecule has 1 aliphatic rings. The average Bonchev–Trinajstić information content (AvgIpc) is 3.46. The maximum atomic E-state index is 13.0. The molecular formula is C30H37N11O4. The Kier molecular flexibility index (Phi) is 7.85. The Morgan fingerprint density at radius 2 is 1.78 bits per heavy atom. The number of pyridine rings is 1. The predicted octanol–water partition coefficient (Wildman–Crippen LogP) is 3.58. The third-order valence-corrected chi connectivity index (χ3v) is 6.75. The zero-order chi connectivity index (χ0) is 34.6. The van der Waals surface area contributed by atoms with Crippen molar-refractivity contribution in [3.63, 3.8) is 0 Å². The van der Waals surface area contributed by atoms with Crippen molar-refractivity contribution in [2.45, 2.75) is 26.4 Å². The highest BCUT2D eigenvalue weighted by Crippen LogP contribution is 2.37. The highest BCUT2D eigenvalue weighted by molar-refractivity contribution is 5.99. The van der Waals surface area contributed by atoms with E-state index in [-0.39, 0.29) is 23.3 Å². The number of amides is 2. The van der Waals surface area contributed by atoms with E-state index in [1.807, 2.05) is 32.2 Å². The van der Waals surface area contributed by atoms with Gasteiger partial charge in [0.05, 0.1) is 35.9 Å². The van der Waals surface area contributed by atoms with Crippen molar-refractivity contribution < 1.29 is 23.2 Å². The van der Waals surface area contributed by atoms with Gasteiger partial charge >= 0.3 is 6.09 Å². The van der Waals surface area contributed by atoms with Gasteiger partial charge in [0, 0.05) is 50.4 Å². The van der Waals surface area contributed by atoms with Crippen LogP contribution in [0.25, 0.3) is 11.4 Å². The van der Waals surface area contributed by atoms with Gasteiger partial charge in [-0.15, -0.1) is 10.2 Å². The second-order valence-electron chi connectivity index (χ2n) is 11.2. The van der Waals surface area contributed by atoms with Crippen LogP contribution in [0.2, 0.25) is 0 Å². The minimum Gasteiger partial charge on any atom is -0.494 e. The van der Waals surface area contributed by atoms with E-state index >= 15 is 0 Å². The number of aryl methyl sites for hydroxylation is 1. The van der Waals surface area contributed by atoms with Crippen LogP contribution in [0, 0.1) is 0 Å². The predicted molar refractivity (Wildman–Crippen MR) is 169 cm³/mol. The third kappa shape index (κ3) is 7.37. The number of carbonyl (C=O) groups is 2. The molecule has 1 fully saturated rings.